The number of carbonyl (C=O) groups excluding carboxylic acids is 2. The number of amides is 2. The fraction of sp³-hybridized carbons (Fsp3) is 0.222. The molecule has 0 saturated heterocycles. The predicted octanol–water partition coefficient (Wildman–Crippen LogP) is 4.20. The van der Waals surface area contributed by atoms with Gasteiger partial charge in [-0.25, -0.2) is 0 Å². The van der Waals surface area contributed by atoms with Gasteiger partial charge in [0.1, 0.15) is 0 Å². The average molecular weight is 420 g/mol. The first-order valence-corrected chi connectivity index (χ1v) is 8.59. The number of benzene rings is 2. The zero-order chi connectivity index (χ0) is 16.4. The van der Waals surface area contributed by atoms with Gasteiger partial charge in [-0.3, -0.25) is 9.59 Å². The Morgan fingerprint density at radius 1 is 1.09 bits per heavy atom. The van der Waals surface area contributed by atoms with Gasteiger partial charge in [0.15, 0.2) is 0 Å². The first kappa shape index (κ1) is 16.0. The topological polar surface area (TPSA) is 58.2 Å². The van der Waals surface area contributed by atoms with E-state index in [1.807, 2.05) is 25.1 Å². The van der Waals surface area contributed by atoms with Crippen LogP contribution in [0, 0.1) is 16.4 Å². The van der Waals surface area contributed by atoms with Crippen LogP contribution in [0.5, 0.6) is 0 Å². The van der Waals surface area contributed by atoms with Gasteiger partial charge in [0.2, 0.25) is 5.91 Å². The molecule has 1 saturated carbocycles. The number of nitrogens with one attached hydrogen (secondary N) is 2. The van der Waals surface area contributed by atoms with E-state index >= 15 is 0 Å². The predicted molar refractivity (Wildman–Crippen MR) is 99.6 cm³/mol. The van der Waals surface area contributed by atoms with Gasteiger partial charge in [0, 0.05) is 26.4 Å². The SMILES string of the molecule is Cc1cc(I)ccc1NC(=O)c1cccc(NC(=O)C2CC2)c1. The largest absolute Gasteiger partial charge is 0.326 e. The number of hydrogen-bond donors (Lipinski definition) is 2. The molecule has 0 unspecified atom stereocenters. The summed E-state index contributed by atoms with van der Waals surface area (Å²) in [5.74, 6) is -0.00482. The summed E-state index contributed by atoms with van der Waals surface area (Å²) < 4.78 is 1.13. The molecule has 2 N–H and O–H groups in total. The lowest BCUT2D eigenvalue weighted by Gasteiger charge is -2.10. The Labute approximate surface area is 148 Å². The second kappa shape index (κ2) is 6.70. The number of hydrogen-bond acceptors (Lipinski definition) is 2. The Hall–Kier alpha value is -1.89. The van der Waals surface area contributed by atoms with Gasteiger partial charge in [0.05, 0.1) is 0 Å². The standard InChI is InChI=1S/C18H17IN2O2/c1-11-9-14(19)7-8-16(11)21-18(23)13-3-2-4-15(10-13)20-17(22)12-5-6-12/h2-4,7-10,12H,5-6H2,1H3,(H,20,22)(H,21,23). The van der Waals surface area contributed by atoms with Crippen molar-refractivity contribution in [2.45, 2.75) is 19.8 Å². The smallest absolute Gasteiger partial charge is 0.255 e. The number of rotatable bonds is 4. The molecule has 0 radical (unpaired) electrons. The fourth-order valence-electron chi connectivity index (χ4n) is 2.29. The molecule has 4 nitrogen and oxygen atoms in total. The molecule has 23 heavy (non-hydrogen) atoms. The Kier molecular flexibility index (Phi) is 4.66. The molecule has 2 amide bonds. The van der Waals surface area contributed by atoms with Crippen molar-refractivity contribution in [1.82, 2.24) is 0 Å². The van der Waals surface area contributed by atoms with Crippen molar-refractivity contribution in [2.24, 2.45) is 5.92 Å². The summed E-state index contributed by atoms with van der Waals surface area (Å²) in [7, 11) is 0. The van der Waals surface area contributed by atoms with Crippen LogP contribution in [0.15, 0.2) is 42.5 Å². The molecule has 0 bridgehead atoms. The van der Waals surface area contributed by atoms with Gasteiger partial charge in [-0.05, 0) is 84.3 Å². The van der Waals surface area contributed by atoms with E-state index in [2.05, 4.69) is 33.2 Å². The lowest BCUT2D eigenvalue weighted by molar-refractivity contribution is -0.117. The third-order valence-electron chi connectivity index (χ3n) is 3.78. The second-order valence-corrected chi connectivity index (χ2v) is 7.00. The van der Waals surface area contributed by atoms with Crippen LogP contribution in [0.4, 0.5) is 11.4 Å². The van der Waals surface area contributed by atoms with Crippen molar-refractivity contribution in [3.8, 4) is 0 Å². The molecular formula is C18H17IN2O2. The average Bonchev–Trinajstić information content (AvgIpc) is 3.35. The van der Waals surface area contributed by atoms with Crippen molar-refractivity contribution in [1.29, 1.82) is 0 Å². The lowest BCUT2D eigenvalue weighted by Crippen LogP contribution is -2.15. The molecule has 0 aliphatic heterocycles. The highest BCUT2D eigenvalue weighted by Crippen LogP contribution is 2.30. The summed E-state index contributed by atoms with van der Waals surface area (Å²) in [6, 6.07) is 12.9. The van der Waals surface area contributed by atoms with Gasteiger partial charge >= 0.3 is 0 Å². The molecule has 118 valence electrons. The van der Waals surface area contributed by atoms with Crippen LogP contribution in [0.3, 0.4) is 0 Å². The molecule has 1 aliphatic rings. The number of anilines is 2. The molecule has 0 atom stereocenters. The van der Waals surface area contributed by atoms with Crippen molar-refractivity contribution < 1.29 is 9.59 Å². The summed E-state index contributed by atoms with van der Waals surface area (Å²) in [4.78, 5) is 24.2. The van der Waals surface area contributed by atoms with Crippen LogP contribution in [-0.4, -0.2) is 11.8 Å². The molecular weight excluding hydrogens is 403 g/mol. The highest BCUT2D eigenvalue weighted by molar-refractivity contribution is 14.1. The first-order valence-electron chi connectivity index (χ1n) is 7.51. The minimum atomic E-state index is -0.183. The van der Waals surface area contributed by atoms with Crippen molar-refractivity contribution >= 4 is 45.8 Å². The summed E-state index contributed by atoms with van der Waals surface area (Å²) in [5, 5.41) is 5.78. The van der Waals surface area contributed by atoms with Gasteiger partial charge < -0.3 is 10.6 Å². The zero-order valence-corrected chi connectivity index (χ0v) is 14.9. The molecule has 1 fully saturated rings. The van der Waals surface area contributed by atoms with Crippen LogP contribution < -0.4 is 10.6 Å². The highest BCUT2D eigenvalue weighted by Gasteiger charge is 2.29. The van der Waals surface area contributed by atoms with Crippen molar-refractivity contribution in [2.75, 3.05) is 10.6 Å². The Balaban J connectivity index is 1.72. The summed E-state index contributed by atoms with van der Waals surface area (Å²) >= 11 is 2.24. The number of carbonyl (C=O) groups is 2. The van der Waals surface area contributed by atoms with Gasteiger partial charge in [-0.1, -0.05) is 6.07 Å². The lowest BCUT2D eigenvalue weighted by atomic mass is 10.1. The minimum Gasteiger partial charge on any atom is -0.326 e. The number of aryl methyl sites for hydroxylation is 1. The van der Waals surface area contributed by atoms with E-state index in [0.29, 0.717) is 11.3 Å². The van der Waals surface area contributed by atoms with E-state index in [9.17, 15) is 9.59 Å². The second-order valence-electron chi connectivity index (χ2n) is 5.76. The first-order chi connectivity index (χ1) is 11.0. The molecule has 0 spiro atoms. The fourth-order valence-corrected chi connectivity index (χ4v) is 2.94. The monoisotopic (exact) mass is 420 g/mol. The minimum absolute atomic E-state index is 0.0380. The molecule has 3 rings (SSSR count). The molecule has 0 heterocycles. The van der Waals surface area contributed by atoms with Crippen LogP contribution in [0.2, 0.25) is 0 Å². The molecule has 5 heteroatoms. The third kappa shape index (κ3) is 4.10. The van der Waals surface area contributed by atoms with E-state index in [1.54, 1.807) is 24.3 Å². The maximum atomic E-state index is 12.4. The maximum Gasteiger partial charge on any atom is 0.255 e. The molecule has 2 aromatic rings. The quantitative estimate of drug-likeness (QED) is 0.729. The van der Waals surface area contributed by atoms with Crippen LogP contribution in [0.1, 0.15) is 28.8 Å². The van der Waals surface area contributed by atoms with Crippen LogP contribution >= 0.6 is 22.6 Å². The van der Waals surface area contributed by atoms with E-state index in [4.69, 9.17) is 0 Å². The Bertz CT molecular complexity index is 769. The van der Waals surface area contributed by atoms with Crippen LogP contribution in [0.25, 0.3) is 0 Å². The van der Waals surface area contributed by atoms with E-state index in [0.717, 1.165) is 27.7 Å². The van der Waals surface area contributed by atoms with E-state index in [-0.39, 0.29) is 17.7 Å². The Morgan fingerprint density at radius 3 is 2.57 bits per heavy atom. The zero-order valence-electron chi connectivity index (χ0n) is 12.7. The molecule has 1 aliphatic carbocycles. The van der Waals surface area contributed by atoms with E-state index in [1.165, 1.54) is 0 Å². The molecule has 0 aromatic heterocycles. The summed E-state index contributed by atoms with van der Waals surface area (Å²) in [5.41, 5.74) is 3.00. The normalized spacial score (nSPS) is 13.5. The number of halogens is 1. The van der Waals surface area contributed by atoms with Crippen molar-refractivity contribution in [3.05, 3.63) is 57.2 Å². The van der Waals surface area contributed by atoms with E-state index < -0.39 is 0 Å². The van der Waals surface area contributed by atoms with Gasteiger partial charge in [0.25, 0.3) is 5.91 Å². The highest BCUT2D eigenvalue weighted by atomic mass is 127. The Morgan fingerprint density at radius 2 is 1.87 bits per heavy atom. The van der Waals surface area contributed by atoms with Crippen LogP contribution in [-0.2, 0) is 4.79 Å². The van der Waals surface area contributed by atoms with Gasteiger partial charge in [-0.15, -0.1) is 0 Å². The van der Waals surface area contributed by atoms with Gasteiger partial charge in [-0.2, -0.15) is 0 Å². The molecule has 2 aromatic carbocycles. The summed E-state index contributed by atoms with van der Waals surface area (Å²) in [6.07, 6.45) is 1.91. The third-order valence-corrected chi connectivity index (χ3v) is 4.45. The van der Waals surface area contributed by atoms with Crippen molar-refractivity contribution in [3.63, 3.8) is 0 Å². The maximum absolute atomic E-state index is 12.4. The summed E-state index contributed by atoms with van der Waals surface area (Å²) in [6.45, 7) is 1.96.